The van der Waals surface area contributed by atoms with Crippen LogP contribution in [0.4, 0.5) is 0 Å². The van der Waals surface area contributed by atoms with Crippen molar-refractivity contribution in [3.63, 3.8) is 0 Å². The molecule has 0 saturated carbocycles. The largest absolute Gasteiger partial charge is 0.383 e. The second-order valence-electron chi connectivity index (χ2n) is 4.53. The zero-order valence-electron chi connectivity index (χ0n) is 12.0. The number of ether oxygens (including phenoxy) is 1. The molecule has 108 valence electrons. The van der Waals surface area contributed by atoms with Crippen molar-refractivity contribution in [3.05, 3.63) is 40.4 Å². The topological polar surface area (TPSA) is 52.0 Å². The van der Waals surface area contributed by atoms with E-state index >= 15 is 0 Å². The van der Waals surface area contributed by atoms with Gasteiger partial charge >= 0.3 is 0 Å². The number of benzene rings is 1. The molecule has 0 aliphatic rings. The maximum atomic E-state index is 6.32. The molecule has 1 aromatic heterocycles. The fraction of sp³-hybridized carbons (Fsp3) is 0.429. The minimum atomic E-state index is 0.663. The molecule has 2 aromatic rings. The van der Waals surface area contributed by atoms with Gasteiger partial charge in [0, 0.05) is 30.8 Å². The number of nitrogens with zero attached hydrogens (tertiary/aromatic N) is 3. The van der Waals surface area contributed by atoms with Crippen molar-refractivity contribution >= 4 is 11.6 Å². The highest BCUT2D eigenvalue weighted by Gasteiger charge is 2.12. The molecule has 0 unspecified atom stereocenters. The predicted molar refractivity (Wildman–Crippen MR) is 79.4 cm³/mol. The van der Waals surface area contributed by atoms with E-state index in [1.54, 1.807) is 7.11 Å². The quantitative estimate of drug-likeness (QED) is 0.831. The smallest absolute Gasteiger partial charge is 0.148 e. The van der Waals surface area contributed by atoms with Crippen LogP contribution in [0.1, 0.15) is 17.2 Å². The van der Waals surface area contributed by atoms with Crippen LogP contribution in [-0.4, -0.2) is 35.0 Å². The highest BCUT2D eigenvalue weighted by Crippen LogP contribution is 2.23. The number of rotatable bonds is 6. The molecule has 0 atom stereocenters. The van der Waals surface area contributed by atoms with Gasteiger partial charge in [0.15, 0.2) is 0 Å². The number of hydrogen-bond acceptors (Lipinski definition) is 4. The first-order valence-corrected chi connectivity index (χ1v) is 6.89. The van der Waals surface area contributed by atoms with Gasteiger partial charge in [0.25, 0.3) is 0 Å². The van der Waals surface area contributed by atoms with Gasteiger partial charge in [-0.15, -0.1) is 0 Å². The van der Waals surface area contributed by atoms with Crippen LogP contribution in [0.3, 0.4) is 0 Å². The summed E-state index contributed by atoms with van der Waals surface area (Å²) in [4.78, 5) is 4.34. The predicted octanol–water partition coefficient (Wildman–Crippen LogP) is 2.27. The Morgan fingerprint density at radius 1 is 1.35 bits per heavy atom. The number of aromatic nitrogens is 3. The zero-order chi connectivity index (χ0) is 14.5. The van der Waals surface area contributed by atoms with Crippen LogP contribution in [0.2, 0.25) is 5.02 Å². The van der Waals surface area contributed by atoms with Gasteiger partial charge in [-0.25, -0.2) is 9.67 Å². The first kappa shape index (κ1) is 15.0. The molecule has 0 saturated heterocycles. The third-order valence-corrected chi connectivity index (χ3v) is 3.34. The molecule has 1 N–H and O–H groups in total. The first-order chi connectivity index (χ1) is 9.63. The average Bonchev–Trinajstić information content (AvgIpc) is 2.75. The van der Waals surface area contributed by atoms with Crippen molar-refractivity contribution in [2.24, 2.45) is 0 Å². The summed E-state index contributed by atoms with van der Waals surface area (Å²) >= 11 is 6.32. The van der Waals surface area contributed by atoms with Crippen molar-refractivity contribution in [1.82, 2.24) is 20.1 Å². The lowest BCUT2D eigenvalue weighted by atomic mass is 10.1. The van der Waals surface area contributed by atoms with Gasteiger partial charge in [0.1, 0.15) is 11.6 Å². The Labute approximate surface area is 123 Å². The Morgan fingerprint density at radius 2 is 2.15 bits per heavy atom. The summed E-state index contributed by atoms with van der Waals surface area (Å²) in [5.41, 5.74) is 1.97. The van der Waals surface area contributed by atoms with Crippen LogP contribution >= 0.6 is 11.6 Å². The van der Waals surface area contributed by atoms with Crippen molar-refractivity contribution in [2.75, 3.05) is 20.3 Å². The van der Waals surface area contributed by atoms with Gasteiger partial charge in [-0.2, -0.15) is 5.10 Å². The summed E-state index contributed by atoms with van der Waals surface area (Å²) in [6.07, 6.45) is 0. The van der Waals surface area contributed by atoms with Crippen LogP contribution in [0.15, 0.2) is 18.2 Å². The number of nitrogens with one attached hydrogen (secondary N) is 1. The molecule has 0 radical (unpaired) electrons. The normalized spacial score (nSPS) is 11.0. The van der Waals surface area contributed by atoms with Crippen LogP contribution < -0.4 is 5.32 Å². The van der Waals surface area contributed by atoms with Gasteiger partial charge in [-0.05, 0) is 26.0 Å². The van der Waals surface area contributed by atoms with Crippen molar-refractivity contribution in [3.8, 4) is 5.69 Å². The lowest BCUT2D eigenvalue weighted by Crippen LogP contribution is -2.20. The summed E-state index contributed by atoms with van der Waals surface area (Å²) in [7, 11) is 1.68. The molecule has 5 nitrogen and oxygen atoms in total. The molecule has 0 fully saturated rings. The molecule has 0 amide bonds. The fourth-order valence-corrected chi connectivity index (χ4v) is 2.29. The standard InChI is InChI=1S/C14H19ClN4O/c1-10-17-11(2)19(18-10)14-6-4-5-13(15)12(14)9-16-7-8-20-3/h4-6,16H,7-9H2,1-3H3. The molecule has 2 rings (SSSR count). The van der Waals surface area contributed by atoms with E-state index in [0.29, 0.717) is 13.2 Å². The minimum absolute atomic E-state index is 0.663. The van der Waals surface area contributed by atoms with Gasteiger partial charge in [-0.1, -0.05) is 17.7 Å². The molecule has 0 aliphatic heterocycles. The van der Waals surface area contributed by atoms with Crippen molar-refractivity contribution in [2.45, 2.75) is 20.4 Å². The van der Waals surface area contributed by atoms with Crippen molar-refractivity contribution < 1.29 is 4.74 Å². The van der Waals surface area contributed by atoms with Crippen LogP contribution in [0.25, 0.3) is 5.69 Å². The zero-order valence-corrected chi connectivity index (χ0v) is 12.7. The fourth-order valence-electron chi connectivity index (χ4n) is 2.06. The van der Waals surface area contributed by atoms with Crippen LogP contribution in [-0.2, 0) is 11.3 Å². The molecule has 0 aliphatic carbocycles. The highest BCUT2D eigenvalue weighted by atomic mass is 35.5. The Bertz CT molecular complexity index is 583. The number of halogens is 1. The Kier molecular flexibility index (Phi) is 5.11. The van der Waals surface area contributed by atoms with Crippen LogP contribution in [0.5, 0.6) is 0 Å². The first-order valence-electron chi connectivity index (χ1n) is 6.51. The summed E-state index contributed by atoms with van der Waals surface area (Å²) in [6.45, 7) is 5.92. The highest BCUT2D eigenvalue weighted by molar-refractivity contribution is 6.31. The van der Waals surface area contributed by atoms with Gasteiger partial charge in [0.05, 0.1) is 12.3 Å². The summed E-state index contributed by atoms with van der Waals surface area (Å²) < 4.78 is 6.85. The van der Waals surface area contributed by atoms with E-state index in [-0.39, 0.29) is 0 Å². The minimum Gasteiger partial charge on any atom is -0.383 e. The number of hydrogen-bond donors (Lipinski definition) is 1. The van der Waals surface area contributed by atoms with E-state index in [0.717, 1.165) is 34.5 Å². The second-order valence-corrected chi connectivity index (χ2v) is 4.93. The van der Waals surface area contributed by atoms with Gasteiger partial charge in [-0.3, -0.25) is 0 Å². The molecular weight excluding hydrogens is 276 g/mol. The Hall–Kier alpha value is -1.43. The summed E-state index contributed by atoms with van der Waals surface area (Å²) in [5.74, 6) is 1.60. The molecule has 20 heavy (non-hydrogen) atoms. The molecular formula is C14H19ClN4O. The van der Waals surface area contributed by atoms with E-state index in [1.807, 2.05) is 36.7 Å². The maximum absolute atomic E-state index is 6.32. The molecule has 1 aromatic carbocycles. The molecule has 1 heterocycles. The second kappa shape index (κ2) is 6.83. The monoisotopic (exact) mass is 294 g/mol. The SMILES string of the molecule is COCCNCc1c(Cl)cccc1-n1nc(C)nc1C. The third-order valence-electron chi connectivity index (χ3n) is 2.98. The van der Waals surface area contributed by atoms with Gasteiger partial charge < -0.3 is 10.1 Å². The molecule has 6 heteroatoms. The lowest BCUT2D eigenvalue weighted by Gasteiger charge is -2.13. The Morgan fingerprint density at radius 3 is 2.80 bits per heavy atom. The van der Waals surface area contributed by atoms with E-state index < -0.39 is 0 Å². The van der Waals surface area contributed by atoms with Gasteiger partial charge in [0.2, 0.25) is 0 Å². The van der Waals surface area contributed by atoms with E-state index in [4.69, 9.17) is 16.3 Å². The molecule has 0 spiro atoms. The van der Waals surface area contributed by atoms with E-state index in [9.17, 15) is 0 Å². The van der Waals surface area contributed by atoms with E-state index in [1.165, 1.54) is 0 Å². The van der Waals surface area contributed by atoms with E-state index in [2.05, 4.69) is 15.4 Å². The number of aryl methyl sites for hydroxylation is 2. The Balaban J connectivity index is 2.29. The molecule has 0 bridgehead atoms. The maximum Gasteiger partial charge on any atom is 0.148 e. The van der Waals surface area contributed by atoms with Crippen LogP contribution in [0, 0.1) is 13.8 Å². The third kappa shape index (κ3) is 3.36. The lowest BCUT2D eigenvalue weighted by molar-refractivity contribution is 0.199. The summed E-state index contributed by atoms with van der Waals surface area (Å²) in [5, 5.41) is 8.45. The van der Waals surface area contributed by atoms with Crippen molar-refractivity contribution in [1.29, 1.82) is 0 Å². The summed E-state index contributed by atoms with van der Waals surface area (Å²) in [6, 6.07) is 5.81. The number of methoxy groups -OCH3 is 1. The average molecular weight is 295 g/mol.